The number of rotatable bonds is 7. The van der Waals surface area contributed by atoms with Crippen LogP contribution < -0.4 is 21.1 Å². The Bertz CT molecular complexity index is 530. The number of nitrogens with one attached hydrogen (secondary N) is 2. The summed E-state index contributed by atoms with van der Waals surface area (Å²) in [6.45, 7) is 0.324. The van der Waals surface area contributed by atoms with Crippen molar-refractivity contribution in [1.82, 2.24) is 5.32 Å². The highest BCUT2D eigenvalue weighted by atomic mass is 16.5. The summed E-state index contributed by atoms with van der Waals surface area (Å²) < 4.78 is 5.47. The lowest BCUT2D eigenvalue weighted by molar-refractivity contribution is -0.121. The average molecular weight is 319 g/mol. The highest BCUT2D eigenvalue weighted by molar-refractivity contribution is 5.90. The van der Waals surface area contributed by atoms with E-state index in [1.807, 2.05) is 0 Å². The Morgan fingerprint density at radius 1 is 1.22 bits per heavy atom. The lowest BCUT2D eigenvalue weighted by atomic mass is 10.00. The maximum absolute atomic E-state index is 12.0. The Labute approximate surface area is 136 Å². The molecule has 1 saturated carbocycles. The van der Waals surface area contributed by atoms with Crippen molar-refractivity contribution >= 4 is 17.5 Å². The van der Waals surface area contributed by atoms with E-state index in [-0.39, 0.29) is 17.9 Å². The normalized spacial score (nSPS) is 20.1. The van der Waals surface area contributed by atoms with E-state index in [1.165, 1.54) is 0 Å². The minimum atomic E-state index is -0.0565. The number of ether oxygens (including phenoxy) is 1. The molecule has 1 aromatic carbocycles. The van der Waals surface area contributed by atoms with E-state index in [0.29, 0.717) is 31.1 Å². The van der Waals surface area contributed by atoms with Gasteiger partial charge in [-0.15, -0.1) is 0 Å². The molecule has 0 aliphatic heterocycles. The fourth-order valence-electron chi connectivity index (χ4n) is 2.79. The third kappa shape index (κ3) is 5.56. The van der Waals surface area contributed by atoms with E-state index in [1.54, 1.807) is 31.3 Å². The summed E-state index contributed by atoms with van der Waals surface area (Å²) in [6.07, 6.45) is 3.95. The van der Waals surface area contributed by atoms with Crippen LogP contribution in [0.3, 0.4) is 0 Å². The number of carbonyl (C=O) groups excluding carboxylic acids is 2. The molecule has 0 unspecified atom stereocenters. The van der Waals surface area contributed by atoms with E-state index in [2.05, 4.69) is 10.6 Å². The zero-order valence-corrected chi connectivity index (χ0v) is 13.5. The second kappa shape index (κ2) is 8.53. The summed E-state index contributed by atoms with van der Waals surface area (Å²) in [5.41, 5.74) is 6.73. The first-order valence-corrected chi connectivity index (χ1v) is 8.07. The van der Waals surface area contributed by atoms with Crippen LogP contribution in [0.1, 0.15) is 32.1 Å². The topological polar surface area (TPSA) is 93.5 Å². The van der Waals surface area contributed by atoms with Gasteiger partial charge in [-0.25, -0.2) is 0 Å². The zero-order valence-electron chi connectivity index (χ0n) is 13.5. The molecule has 0 aromatic heterocycles. The third-order valence-corrected chi connectivity index (χ3v) is 4.18. The van der Waals surface area contributed by atoms with Gasteiger partial charge in [-0.1, -0.05) is 6.42 Å². The van der Waals surface area contributed by atoms with Crippen molar-refractivity contribution < 1.29 is 14.3 Å². The van der Waals surface area contributed by atoms with Gasteiger partial charge in [-0.2, -0.15) is 0 Å². The van der Waals surface area contributed by atoms with Gasteiger partial charge in [0.2, 0.25) is 11.8 Å². The molecule has 0 radical (unpaired) electrons. The molecule has 2 atom stereocenters. The monoisotopic (exact) mass is 319 g/mol. The summed E-state index contributed by atoms with van der Waals surface area (Å²) in [6, 6.07) is 7.29. The van der Waals surface area contributed by atoms with Crippen molar-refractivity contribution in [3.05, 3.63) is 24.3 Å². The first-order valence-electron chi connectivity index (χ1n) is 8.07. The maximum atomic E-state index is 12.0. The molecule has 0 spiro atoms. The molecule has 0 saturated heterocycles. The van der Waals surface area contributed by atoms with Gasteiger partial charge in [-0.05, 0) is 43.0 Å². The molecule has 23 heavy (non-hydrogen) atoms. The highest BCUT2D eigenvalue weighted by Gasteiger charge is 2.25. The Hall–Kier alpha value is -2.08. The van der Waals surface area contributed by atoms with Gasteiger partial charge < -0.3 is 21.1 Å². The predicted molar refractivity (Wildman–Crippen MR) is 89.2 cm³/mol. The van der Waals surface area contributed by atoms with Crippen LogP contribution in [0.15, 0.2) is 24.3 Å². The Morgan fingerprint density at radius 3 is 2.57 bits per heavy atom. The molecule has 6 nitrogen and oxygen atoms in total. The largest absolute Gasteiger partial charge is 0.493 e. The number of benzene rings is 1. The van der Waals surface area contributed by atoms with Gasteiger partial charge in [0, 0.05) is 25.2 Å². The summed E-state index contributed by atoms with van der Waals surface area (Å²) in [4.78, 5) is 23.1. The van der Waals surface area contributed by atoms with Crippen molar-refractivity contribution in [3.8, 4) is 5.75 Å². The Morgan fingerprint density at radius 2 is 1.96 bits per heavy atom. The van der Waals surface area contributed by atoms with E-state index >= 15 is 0 Å². The number of anilines is 1. The first-order chi connectivity index (χ1) is 11.1. The standard InChI is InChI=1S/C17H25N3O3/c1-19-16(21)9-10-23-14-7-5-13(6-8-14)20-17(22)11-12-3-2-4-15(12)18/h5-8,12,15H,2-4,9-11,18H2,1H3,(H,19,21)(H,20,22)/t12-,15+/m0/s1. The van der Waals surface area contributed by atoms with Crippen LogP contribution in [0.5, 0.6) is 5.75 Å². The molecule has 1 fully saturated rings. The first kappa shape index (κ1) is 17.3. The van der Waals surface area contributed by atoms with Gasteiger partial charge in [0.1, 0.15) is 5.75 Å². The minimum absolute atomic E-state index is 0.000588. The molecule has 1 aliphatic carbocycles. The molecular weight excluding hydrogens is 294 g/mol. The van der Waals surface area contributed by atoms with Crippen LogP contribution in [-0.4, -0.2) is 31.5 Å². The third-order valence-electron chi connectivity index (χ3n) is 4.18. The van der Waals surface area contributed by atoms with Crippen molar-refractivity contribution in [1.29, 1.82) is 0 Å². The molecule has 4 N–H and O–H groups in total. The SMILES string of the molecule is CNC(=O)CCOc1ccc(NC(=O)C[C@@H]2CCC[C@H]2N)cc1. The van der Waals surface area contributed by atoms with Gasteiger partial charge in [0.05, 0.1) is 13.0 Å². The van der Waals surface area contributed by atoms with Crippen LogP contribution in [0.2, 0.25) is 0 Å². The molecule has 6 heteroatoms. The van der Waals surface area contributed by atoms with Crippen LogP contribution in [0.4, 0.5) is 5.69 Å². The highest BCUT2D eigenvalue weighted by Crippen LogP contribution is 2.27. The molecule has 0 heterocycles. The minimum Gasteiger partial charge on any atom is -0.493 e. The Kier molecular flexibility index (Phi) is 6.40. The second-order valence-corrected chi connectivity index (χ2v) is 5.90. The number of hydrogen-bond donors (Lipinski definition) is 3. The number of carbonyl (C=O) groups is 2. The summed E-state index contributed by atoms with van der Waals surface area (Å²) in [5, 5.41) is 5.43. The van der Waals surface area contributed by atoms with Crippen molar-refractivity contribution in [2.45, 2.75) is 38.1 Å². The van der Waals surface area contributed by atoms with Crippen molar-refractivity contribution in [3.63, 3.8) is 0 Å². The smallest absolute Gasteiger partial charge is 0.224 e. The second-order valence-electron chi connectivity index (χ2n) is 5.90. The fourth-order valence-corrected chi connectivity index (χ4v) is 2.79. The van der Waals surface area contributed by atoms with Gasteiger partial charge >= 0.3 is 0 Å². The summed E-state index contributed by atoms with van der Waals surface area (Å²) >= 11 is 0. The fraction of sp³-hybridized carbons (Fsp3) is 0.529. The molecule has 126 valence electrons. The lowest BCUT2D eigenvalue weighted by Gasteiger charge is -2.15. The predicted octanol–water partition coefficient (Wildman–Crippen LogP) is 1.66. The molecular formula is C17H25N3O3. The van der Waals surface area contributed by atoms with Gasteiger partial charge in [0.25, 0.3) is 0 Å². The van der Waals surface area contributed by atoms with Crippen LogP contribution in [0, 0.1) is 5.92 Å². The average Bonchev–Trinajstić information content (AvgIpc) is 2.93. The molecule has 0 bridgehead atoms. The molecule has 1 aliphatic rings. The van der Waals surface area contributed by atoms with Crippen LogP contribution in [0.25, 0.3) is 0 Å². The van der Waals surface area contributed by atoms with Crippen molar-refractivity contribution in [2.75, 3.05) is 19.0 Å². The van der Waals surface area contributed by atoms with E-state index in [9.17, 15) is 9.59 Å². The van der Waals surface area contributed by atoms with Gasteiger partial charge in [-0.3, -0.25) is 9.59 Å². The number of nitrogens with two attached hydrogens (primary N) is 1. The van der Waals surface area contributed by atoms with E-state index in [4.69, 9.17) is 10.5 Å². The lowest BCUT2D eigenvalue weighted by Crippen LogP contribution is -2.28. The number of hydrogen-bond acceptors (Lipinski definition) is 4. The van der Waals surface area contributed by atoms with Crippen LogP contribution in [-0.2, 0) is 9.59 Å². The molecule has 2 amide bonds. The quantitative estimate of drug-likeness (QED) is 0.712. The van der Waals surface area contributed by atoms with E-state index < -0.39 is 0 Å². The maximum Gasteiger partial charge on any atom is 0.224 e. The molecule has 2 rings (SSSR count). The summed E-state index contributed by atoms with van der Waals surface area (Å²) in [7, 11) is 1.60. The zero-order chi connectivity index (χ0) is 16.7. The van der Waals surface area contributed by atoms with E-state index in [0.717, 1.165) is 24.9 Å². The summed E-state index contributed by atoms with van der Waals surface area (Å²) in [5.74, 6) is 0.909. The van der Waals surface area contributed by atoms with Crippen molar-refractivity contribution in [2.24, 2.45) is 11.7 Å². The Balaban J connectivity index is 1.75. The van der Waals surface area contributed by atoms with Gasteiger partial charge in [0.15, 0.2) is 0 Å². The van der Waals surface area contributed by atoms with Crippen LogP contribution >= 0.6 is 0 Å². The number of amides is 2. The molecule has 1 aromatic rings.